The predicted octanol–water partition coefficient (Wildman–Crippen LogP) is 6.48. The van der Waals surface area contributed by atoms with Crippen molar-refractivity contribution in [1.29, 1.82) is 0 Å². The van der Waals surface area contributed by atoms with Crippen molar-refractivity contribution < 1.29 is 19.5 Å². The third kappa shape index (κ3) is 7.56. The quantitative estimate of drug-likeness (QED) is 0.133. The summed E-state index contributed by atoms with van der Waals surface area (Å²) in [7, 11) is 0. The van der Waals surface area contributed by atoms with Crippen LogP contribution in [0.5, 0.6) is 0 Å². The zero-order chi connectivity index (χ0) is 36.2. The van der Waals surface area contributed by atoms with Gasteiger partial charge in [0.2, 0.25) is 11.8 Å². The molecule has 0 saturated carbocycles. The van der Waals surface area contributed by atoms with E-state index in [2.05, 4.69) is 87.5 Å². The van der Waals surface area contributed by atoms with Gasteiger partial charge in [-0.25, -0.2) is 14.8 Å². The number of nitrogens with one attached hydrogen (secondary N) is 3. The lowest BCUT2D eigenvalue weighted by atomic mass is 10.0. The Labute approximate surface area is 299 Å². The molecule has 2 aliphatic rings. The Bertz CT molecular complexity index is 1810. The third-order valence-electron chi connectivity index (χ3n) is 10.5. The van der Waals surface area contributed by atoms with Gasteiger partial charge < -0.3 is 30.2 Å². The van der Waals surface area contributed by atoms with Crippen molar-refractivity contribution in [2.45, 2.75) is 84.5 Å². The first-order valence-corrected chi connectivity index (χ1v) is 18.2. The number of H-pyrrole nitrogens is 2. The molecule has 4 atom stereocenters. The average Bonchev–Trinajstić information content (AvgIpc) is 3.97. The molecule has 0 bridgehead atoms. The van der Waals surface area contributed by atoms with E-state index in [4.69, 9.17) is 4.98 Å². The van der Waals surface area contributed by atoms with Gasteiger partial charge in [0.05, 0.1) is 41.9 Å². The first kappa shape index (κ1) is 35.8. The van der Waals surface area contributed by atoms with Crippen molar-refractivity contribution in [2.24, 2.45) is 5.92 Å². The fraction of sp³-hybridized carbons (Fsp3) is 0.462. The standard InChI is InChI=1S/C39H50N8O4/c1-6-45(7-2)25(5)37(48)46-20-8-10-32(46)35-40-22-30(42-35)28-16-12-26(13-17-28)27-14-18-29(19-15-27)31-23-41-36(43-31)33-11-9-21-47(33)38(49)34(24(3)4)44-39(50)51/h12-19,22-25,32-34,44H,6-11,20-21H2,1-5H3,(H,40,42)(H,41,43)(H,50,51)/t25-,32+,33+,34+/m1/s1. The summed E-state index contributed by atoms with van der Waals surface area (Å²) in [5.74, 6) is 1.32. The fourth-order valence-electron chi connectivity index (χ4n) is 7.61. The van der Waals surface area contributed by atoms with Crippen molar-refractivity contribution in [3.8, 4) is 33.6 Å². The van der Waals surface area contributed by atoms with E-state index in [1.807, 2.05) is 31.9 Å². The molecule has 3 amide bonds. The number of aromatic nitrogens is 4. The molecule has 4 N–H and O–H groups in total. The molecule has 2 saturated heterocycles. The molecular weight excluding hydrogens is 644 g/mol. The predicted molar refractivity (Wildman–Crippen MR) is 197 cm³/mol. The molecule has 270 valence electrons. The number of likely N-dealkylation sites (N-methyl/N-ethyl adjacent to an activating group) is 1. The number of benzene rings is 2. The van der Waals surface area contributed by atoms with Crippen LogP contribution in [0, 0.1) is 5.92 Å². The number of carbonyl (C=O) groups excluding carboxylic acids is 2. The van der Waals surface area contributed by atoms with E-state index in [1.54, 1.807) is 11.1 Å². The fourth-order valence-corrected chi connectivity index (χ4v) is 7.61. The van der Waals surface area contributed by atoms with E-state index in [9.17, 15) is 19.5 Å². The molecule has 0 radical (unpaired) electrons. The Morgan fingerprint density at radius 3 is 1.61 bits per heavy atom. The van der Waals surface area contributed by atoms with Gasteiger partial charge in [0.25, 0.3) is 0 Å². The average molecular weight is 695 g/mol. The maximum absolute atomic E-state index is 13.4. The van der Waals surface area contributed by atoms with E-state index < -0.39 is 12.1 Å². The summed E-state index contributed by atoms with van der Waals surface area (Å²) in [6.45, 7) is 12.9. The molecule has 2 aliphatic heterocycles. The number of hydrogen-bond donors (Lipinski definition) is 4. The van der Waals surface area contributed by atoms with Crippen LogP contribution in [0.1, 0.15) is 84.0 Å². The topological polar surface area (TPSA) is 151 Å². The first-order valence-electron chi connectivity index (χ1n) is 18.2. The molecule has 2 aromatic heterocycles. The Morgan fingerprint density at radius 1 is 0.765 bits per heavy atom. The number of likely N-dealkylation sites (tertiary alicyclic amines) is 2. The van der Waals surface area contributed by atoms with Crippen molar-refractivity contribution >= 4 is 17.9 Å². The summed E-state index contributed by atoms with van der Waals surface area (Å²) in [5.41, 5.74) is 5.96. The van der Waals surface area contributed by atoms with Crippen LogP contribution in [-0.2, 0) is 9.59 Å². The highest BCUT2D eigenvalue weighted by Gasteiger charge is 2.38. The largest absolute Gasteiger partial charge is 0.465 e. The molecule has 51 heavy (non-hydrogen) atoms. The van der Waals surface area contributed by atoms with Crippen LogP contribution >= 0.6 is 0 Å². The van der Waals surface area contributed by atoms with Crippen molar-refractivity contribution in [3.05, 3.63) is 72.6 Å². The van der Waals surface area contributed by atoms with Gasteiger partial charge in [-0.2, -0.15) is 0 Å². The minimum Gasteiger partial charge on any atom is -0.465 e. The van der Waals surface area contributed by atoms with Crippen LogP contribution in [-0.4, -0.2) is 95.9 Å². The molecule has 0 spiro atoms. The van der Waals surface area contributed by atoms with Gasteiger partial charge >= 0.3 is 6.09 Å². The molecular formula is C39H50N8O4. The molecule has 6 rings (SSSR count). The molecule has 4 aromatic rings. The number of rotatable bonds is 12. The summed E-state index contributed by atoms with van der Waals surface area (Å²) >= 11 is 0. The van der Waals surface area contributed by atoms with Crippen LogP contribution in [0.4, 0.5) is 4.79 Å². The van der Waals surface area contributed by atoms with Gasteiger partial charge in [0, 0.05) is 13.1 Å². The Hall–Kier alpha value is -4.97. The summed E-state index contributed by atoms with van der Waals surface area (Å²) in [6, 6.07) is 15.4. The van der Waals surface area contributed by atoms with Crippen LogP contribution in [0.2, 0.25) is 0 Å². The summed E-state index contributed by atoms with van der Waals surface area (Å²) < 4.78 is 0. The monoisotopic (exact) mass is 694 g/mol. The van der Waals surface area contributed by atoms with Crippen LogP contribution in [0.25, 0.3) is 33.6 Å². The van der Waals surface area contributed by atoms with Gasteiger partial charge in [-0.05, 0) is 73.9 Å². The second kappa shape index (κ2) is 15.5. The number of carboxylic acid groups (broad SMARTS) is 1. The number of imidazole rings is 2. The van der Waals surface area contributed by atoms with Gasteiger partial charge in [0.15, 0.2) is 0 Å². The smallest absolute Gasteiger partial charge is 0.405 e. The van der Waals surface area contributed by atoms with Crippen LogP contribution in [0.15, 0.2) is 60.9 Å². The zero-order valence-electron chi connectivity index (χ0n) is 30.2. The van der Waals surface area contributed by atoms with E-state index in [0.29, 0.717) is 12.4 Å². The Morgan fingerprint density at radius 2 is 1.20 bits per heavy atom. The number of aromatic amines is 2. The second-order valence-corrected chi connectivity index (χ2v) is 14.0. The molecule has 0 aliphatic carbocycles. The second-order valence-electron chi connectivity index (χ2n) is 14.0. The zero-order valence-corrected chi connectivity index (χ0v) is 30.2. The number of amides is 3. The van der Waals surface area contributed by atoms with Gasteiger partial charge in [-0.15, -0.1) is 0 Å². The summed E-state index contributed by atoms with van der Waals surface area (Å²) in [5, 5.41) is 11.7. The SMILES string of the molecule is CCN(CC)[C@H](C)C(=O)N1CCC[C@H]1c1ncc(-c2ccc(-c3ccc(-c4cnc([C@@H]5CCCN5C(=O)[C@@H](NC(=O)O)C(C)C)[nH]4)cc3)cc2)[nH]1. The van der Waals surface area contributed by atoms with E-state index >= 15 is 0 Å². The lowest BCUT2D eigenvalue weighted by Crippen LogP contribution is -2.50. The summed E-state index contributed by atoms with van der Waals surface area (Å²) in [6.07, 6.45) is 5.92. The van der Waals surface area contributed by atoms with E-state index in [1.165, 1.54) is 0 Å². The molecule has 12 heteroatoms. The molecule has 2 aromatic carbocycles. The maximum Gasteiger partial charge on any atom is 0.405 e. The van der Waals surface area contributed by atoms with Crippen LogP contribution in [0.3, 0.4) is 0 Å². The number of nitrogens with zero attached hydrogens (tertiary/aromatic N) is 5. The molecule has 4 heterocycles. The molecule has 0 unspecified atom stereocenters. The summed E-state index contributed by atoms with van der Waals surface area (Å²) in [4.78, 5) is 60.3. The van der Waals surface area contributed by atoms with E-state index in [0.717, 1.165) is 84.8 Å². The third-order valence-corrected chi connectivity index (χ3v) is 10.5. The molecule has 12 nitrogen and oxygen atoms in total. The minimum absolute atomic E-state index is 0.0362. The number of hydrogen-bond acceptors (Lipinski definition) is 6. The van der Waals surface area contributed by atoms with Gasteiger partial charge in [-0.3, -0.25) is 14.5 Å². The number of carbonyl (C=O) groups is 3. The van der Waals surface area contributed by atoms with E-state index in [-0.39, 0.29) is 35.9 Å². The lowest BCUT2D eigenvalue weighted by Gasteiger charge is -2.31. The lowest BCUT2D eigenvalue weighted by molar-refractivity contribution is -0.137. The highest BCUT2D eigenvalue weighted by molar-refractivity contribution is 5.86. The van der Waals surface area contributed by atoms with Crippen molar-refractivity contribution in [3.63, 3.8) is 0 Å². The Kier molecular flexibility index (Phi) is 10.9. The van der Waals surface area contributed by atoms with Gasteiger partial charge in [-0.1, -0.05) is 76.2 Å². The minimum atomic E-state index is -1.20. The Balaban J connectivity index is 1.11. The normalized spacial score (nSPS) is 18.8. The van der Waals surface area contributed by atoms with Crippen molar-refractivity contribution in [2.75, 3.05) is 26.2 Å². The highest BCUT2D eigenvalue weighted by Crippen LogP contribution is 2.35. The maximum atomic E-state index is 13.4. The van der Waals surface area contributed by atoms with Crippen LogP contribution < -0.4 is 5.32 Å². The van der Waals surface area contributed by atoms with Crippen molar-refractivity contribution in [1.82, 2.24) is 40.0 Å². The highest BCUT2D eigenvalue weighted by atomic mass is 16.4. The molecule has 2 fully saturated rings. The van der Waals surface area contributed by atoms with Gasteiger partial charge in [0.1, 0.15) is 17.7 Å². The first-order chi connectivity index (χ1) is 24.6.